The molecule has 1 N–H and O–H groups in total. The standard InChI is InChI=1S/C22H21ClN2O.CH4/c23-18-4-1-3-16(11-18)22-13-17(20-5-2-6-21(20)25-22)12-19-8-7-15(9-10-26)14-24-19;/h1,3-4,7-8,11,13-14,26H,2,5-6,9-10,12H2;1H4. The van der Waals surface area contributed by atoms with Crippen LogP contribution in [-0.2, 0) is 25.7 Å². The molecular formula is C23H25ClN2O. The first-order valence-corrected chi connectivity index (χ1v) is 9.43. The van der Waals surface area contributed by atoms with Crippen molar-refractivity contribution in [3.63, 3.8) is 0 Å². The van der Waals surface area contributed by atoms with Crippen molar-refractivity contribution >= 4 is 11.6 Å². The summed E-state index contributed by atoms with van der Waals surface area (Å²) >= 11 is 6.17. The third-order valence-corrected chi connectivity index (χ3v) is 5.16. The van der Waals surface area contributed by atoms with Gasteiger partial charge in [-0.25, -0.2) is 0 Å². The molecule has 140 valence electrons. The topological polar surface area (TPSA) is 46.0 Å². The van der Waals surface area contributed by atoms with E-state index in [-0.39, 0.29) is 14.0 Å². The van der Waals surface area contributed by atoms with Crippen molar-refractivity contribution in [2.24, 2.45) is 0 Å². The van der Waals surface area contributed by atoms with Crippen molar-refractivity contribution in [2.45, 2.75) is 39.5 Å². The van der Waals surface area contributed by atoms with E-state index < -0.39 is 0 Å². The first kappa shape index (κ1) is 19.5. The molecule has 3 nitrogen and oxygen atoms in total. The second kappa shape index (κ2) is 8.64. The minimum Gasteiger partial charge on any atom is -0.396 e. The summed E-state index contributed by atoms with van der Waals surface area (Å²) < 4.78 is 0. The number of hydrogen-bond donors (Lipinski definition) is 1. The van der Waals surface area contributed by atoms with E-state index in [1.165, 1.54) is 16.8 Å². The van der Waals surface area contributed by atoms with E-state index in [9.17, 15) is 0 Å². The lowest BCUT2D eigenvalue weighted by atomic mass is 9.99. The van der Waals surface area contributed by atoms with E-state index in [1.807, 2.05) is 24.4 Å². The molecule has 2 aromatic heterocycles. The van der Waals surface area contributed by atoms with Gasteiger partial charge in [0.1, 0.15) is 0 Å². The molecule has 0 saturated heterocycles. The fourth-order valence-electron chi connectivity index (χ4n) is 3.61. The maximum atomic E-state index is 9.04. The lowest BCUT2D eigenvalue weighted by molar-refractivity contribution is 0.299. The molecule has 1 aromatic carbocycles. The average Bonchev–Trinajstić information content (AvgIpc) is 3.12. The molecule has 0 amide bonds. The monoisotopic (exact) mass is 380 g/mol. The van der Waals surface area contributed by atoms with E-state index in [4.69, 9.17) is 21.7 Å². The molecule has 2 heterocycles. The number of benzene rings is 1. The number of halogens is 1. The van der Waals surface area contributed by atoms with Crippen molar-refractivity contribution < 1.29 is 5.11 Å². The molecule has 0 aliphatic heterocycles. The van der Waals surface area contributed by atoms with Gasteiger partial charge in [0, 0.05) is 41.2 Å². The van der Waals surface area contributed by atoms with Crippen LogP contribution in [0.3, 0.4) is 0 Å². The molecule has 0 spiro atoms. The van der Waals surface area contributed by atoms with Crippen LogP contribution >= 0.6 is 11.6 Å². The lowest BCUT2D eigenvalue weighted by Gasteiger charge is -2.12. The van der Waals surface area contributed by atoms with E-state index >= 15 is 0 Å². The van der Waals surface area contributed by atoms with Crippen LogP contribution in [0, 0.1) is 0 Å². The van der Waals surface area contributed by atoms with Gasteiger partial charge in [-0.15, -0.1) is 0 Å². The first-order valence-electron chi connectivity index (χ1n) is 9.05. The highest BCUT2D eigenvalue weighted by Gasteiger charge is 2.19. The molecule has 1 aliphatic carbocycles. The van der Waals surface area contributed by atoms with E-state index in [2.05, 4.69) is 29.2 Å². The fourth-order valence-corrected chi connectivity index (χ4v) is 3.80. The summed E-state index contributed by atoms with van der Waals surface area (Å²) in [5.74, 6) is 0. The van der Waals surface area contributed by atoms with Gasteiger partial charge in [-0.2, -0.15) is 0 Å². The third-order valence-electron chi connectivity index (χ3n) is 4.92. The Morgan fingerprint density at radius 3 is 2.70 bits per heavy atom. The van der Waals surface area contributed by atoms with Gasteiger partial charge in [-0.1, -0.05) is 37.2 Å². The third kappa shape index (κ3) is 4.37. The molecule has 3 aromatic rings. The van der Waals surface area contributed by atoms with Gasteiger partial charge in [0.25, 0.3) is 0 Å². The van der Waals surface area contributed by atoms with Crippen molar-refractivity contribution in [3.8, 4) is 11.3 Å². The Morgan fingerprint density at radius 2 is 1.96 bits per heavy atom. The Balaban J connectivity index is 0.00000210. The van der Waals surface area contributed by atoms with Gasteiger partial charge in [0.2, 0.25) is 0 Å². The summed E-state index contributed by atoms with van der Waals surface area (Å²) in [5.41, 5.74) is 8.07. The Hall–Kier alpha value is -2.23. The number of hydrogen-bond acceptors (Lipinski definition) is 3. The normalized spacial score (nSPS) is 12.5. The number of aryl methyl sites for hydroxylation is 1. The predicted octanol–water partition coefficient (Wildman–Crippen LogP) is 5.05. The Labute approximate surface area is 166 Å². The van der Waals surface area contributed by atoms with Crippen LogP contribution in [0.5, 0.6) is 0 Å². The fraction of sp³-hybridized carbons (Fsp3) is 0.304. The van der Waals surface area contributed by atoms with E-state index in [0.29, 0.717) is 6.42 Å². The molecule has 4 heteroatoms. The van der Waals surface area contributed by atoms with Gasteiger partial charge in [-0.3, -0.25) is 9.97 Å². The lowest BCUT2D eigenvalue weighted by Crippen LogP contribution is -2.02. The molecular weight excluding hydrogens is 356 g/mol. The van der Waals surface area contributed by atoms with Gasteiger partial charge in [0.15, 0.2) is 0 Å². The van der Waals surface area contributed by atoms with Gasteiger partial charge in [-0.05, 0) is 66.6 Å². The number of pyridine rings is 2. The maximum absolute atomic E-state index is 9.04. The smallest absolute Gasteiger partial charge is 0.0708 e. The zero-order valence-corrected chi connectivity index (χ0v) is 15.3. The van der Waals surface area contributed by atoms with Crippen LogP contribution in [0.15, 0.2) is 48.7 Å². The van der Waals surface area contributed by atoms with E-state index in [0.717, 1.165) is 53.2 Å². The van der Waals surface area contributed by atoms with Crippen LogP contribution in [-0.4, -0.2) is 21.7 Å². The predicted molar refractivity (Wildman–Crippen MR) is 111 cm³/mol. The minimum absolute atomic E-state index is 0. The highest BCUT2D eigenvalue weighted by Crippen LogP contribution is 2.30. The Kier molecular flexibility index (Phi) is 6.25. The number of fused-ring (bicyclic) bond motifs is 1. The number of aliphatic hydroxyl groups is 1. The second-order valence-corrected chi connectivity index (χ2v) is 7.20. The van der Waals surface area contributed by atoms with Crippen LogP contribution in [0.2, 0.25) is 5.02 Å². The zero-order valence-electron chi connectivity index (χ0n) is 14.6. The molecule has 0 fully saturated rings. The largest absolute Gasteiger partial charge is 0.396 e. The summed E-state index contributed by atoms with van der Waals surface area (Å²) in [5, 5.41) is 9.77. The molecule has 0 bridgehead atoms. The van der Waals surface area contributed by atoms with Crippen molar-refractivity contribution in [2.75, 3.05) is 6.61 Å². The Bertz CT molecular complexity index is 922. The maximum Gasteiger partial charge on any atom is 0.0708 e. The number of aromatic nitrogens is 2. The van der Waals surface area contributed by atoms with Gasteiger partial charge < -0.3 is 5.11 Å². The molecule has 27 heavy (non-hydrogen) atoms. The first-order chi connectivity index (χ1) is 12.7. The average molecular weight is 381 g/mol. The van der Waals surface area contributed by atoms with Crippen LogP contribution < -0.4 is 0 Å². The number of rotatable bonds is 5. The van der Waals surface area contributed by atoms with Gasteiger partial charge >= 0.3 is 0 Å². The van der Waals surface area contributed by atoms with E-state index in [1.54, 1.807) is 0 Å². The van der Waals surface area contributed by atoms with Crippen molar-refractivity contribution in [3.05, 3.63) is 81.8 Å². The zero-order chi connectivity index (χ0) is 17.9. The highest BCUT2D eigenvalue weighted by atomic mass is 35.5. The van der Waals surface area contributed by atoms with Crippen molar-refractivity contribution in [1.82, 2.24) is 9.97 Å². The summed E-state index contributed by atoms with van der Waals surface area (Å²) in [7, 11) is 0. The summed E-state index contributed by atoms with van der Waals surface area (Å²) in [6.45, 7) is 0.155. The summed E-state index contributed by atoms with van der Waals surface area (Å²) in [6.07, 6.45) is 6.62. The number of aliphatic hydroxyl groups excluding tert-OH is 1. The Morgan fingerprint density at radius 1 is 1.07 bits per heavy atom. The van der Waals surface area contributed by atoms with Crippen LogP contribution in [0.4, 0.5) is 0 Å². The van der Waals surface area contributed by atoms with Crippen LogP contribution in [0.25, 0.3) is 11.3 Å². The molecule has 1 aliphatic rings. The second-order valence-electron chi connectivity index (χ2n) is 6.76. The molecule has 4 rings (SSSR count). The molecule has 0 saturated carbocycles. The van der Waals surface area contributed by atoms with Gasteiger partial charge in [0.05, 0.1) is 5.69 Å². The molecule has 0 unspecified atom stereocenters. The summed E-state index contributed by atoms with van der Waals surface area (Å²) in [6, 6.07) is 14.2. The van der Waals surface area contributed by atoms with Crippen molar-refractivity contribution in [1.29, 1.82) is 0 Å². The SMILES string of the molecule is C.OCCc1ccc(Cc2cc(-c3cccc(Cl)c3)nc3c2CCC3)nc1. The van der Waals surface area contributed by atoms with Crippen LogP contribution in [0.1, 0.15) is 41.9 Å². The summed E-state index contributed by atoms with van der Waals surface area (Å²) in [4.78, 5) is 9.48. The highest BCUT2D eigenvalue weighted by molar-refractivity contribution is 6.30. The molecule has 0 radical (unpaired) electrons. The quantitative estimate of drug-likeness (QED) is 0.673. The minimum atomic E-state index is 0. The number of nitrogens with zero attached hydrogens (tertiary/aromatic N) is 2. The molecule has 0 atom stereocenters.